The maximum atomic E-state index is 13.6. The van der Waals surface area contributed by atoms with E-state index in [0.717, 1.165) is 9.75 Å². The SMILES string of the molecule is O=C(/C=C/c1ccc(-c2ccccc2F)s1)NCCO. The molecule has 0 radical (unpaired) electrons. The first kappa shape index (κ1) is 14.4. The highest BCUT2D eigenvalue weighted by atomic mass is 32.1. The van der Waals surface area contributed by atoms with Crippen molar-refractivity contribution in [2.75, 3.05) is 13.2 Å². The van der Waals surface area contributed by atoms with E-state index in [4.69, 9.17) is 5.11 Å². The third-order valence-electron chi connectivity index (χ3n) is 2.58. The van der Waals surface area contributed by atoms with Gasteiger partial charge in [-0.1, -0.05) is 18.2 Å². The molecule has 2 aromatic rings. The van der Waals surface area contributed by atoms with Crippen molar-refractivity contribution >= 4 is 23.3 Å². The second-order valence-corrected chi connectivity index (χ2v) is 5.15. The molecule has 0 aliphatic carbocycles. The number of benzene rings is 1. The molecule has 1 amide bonds. The van der Waals surface area contributed by atoms with Gasteiger partial charge in [-0.15, -0.1) is 11.3 Å². The first-order valence-corrected chi connectivity index (χ1v) is 6.94. The number of carbonyl (C=O) groups is 1. The molecule has 0 fully saturated rings. The molecule has 0 aliphatic rings. The second kappa shape index (κ2) is 6.98. The largest absolute Gasteiger partial charge is 0.395 e. The first-order valence-electron chi connectivity index (χ1n) is 6.12. The fraction of sp³-hybridized carbons (Fsp3) is 0.133. The summed E-state index contributed by atoms with van der Waals surface area (Å²) in [6.07, 6.45) is 3.06. The van der Waals surface area contributed by atoms with Crippen molar-refractivity contribution in [1.29, 1.82) is 0 Å². The number of halogens is 1. The molecule has 0 bridgehead atoms. The molecule has 1 aromatic carbocycles. The molecule has 3 nitrogen and oxygen atoms in total. The minimum Gasteiger partial charge on any atom is -0.395 e. The quantitative estimate of drug-likeness (QED) is 0.832. The van der Waals surface area contributed by atoms with Crippen LogP contribution in [0.5, 0.6) is 0 Å². The van der Waals surface area contributed by atoms with Crippen LogP contribution in [0.15, 0.2) is 42.5 Å². The van der Waals surface area contributed by atoms with Crippen LogP contribution >= 0.6 is 11.3 Å². The van der Waals surface area contributed by atoms with Crippen LogP contribution in [0.1, 0.15) is 4.88 Å². The van der Waals surface area contributed by atoms with Gasteiger partial charge in [-0.25, -0.2) is 4.39 Å². The lowest BCUT2D eigenvalue weighted by Crippen LogP contribution is -2.24. The Bertz CT molecular complexity index is 622. The van der Waals surface area contributed by atoms with E-state index in [1.165, 1.54) is 23.5 Å². The van der Waals surface area contributed by atoms with Crippen LogP contribution in [0.2, 0.25) is 0 Å². The number of carbonyl (C=O) groups excluding carboxylic acids is 1. The Labute approximate surface area is 120 Å². The van der Waals surface area contributed by atoms with E-state index in [1.54, 1.807) is 24.3 Å². The van der Waals surface area contributed by atoms with E-state index >= 15 is 0 Å². The van der Waals surface area contributed by atoms with Crippen molar-refractivity contribution < 1.29 is 14.3 Å². The number of hydrogen-bond acceptors (Lipinski definition) is 3. The van der Waals surface area contributed by atoms with Crippen molar-refractivity contribution in [3.63, 3.8) is 0 Å². The third kappa shape index (κ3) is 3.76. The Morgan fingerprint density at radius 1 is 1.30 bits per heavy atom. The summed E-state index contributed by atoms with van der Waals surface area (Å²) in [4.78, 5) is 13.0. The predicted octanol–water partition coefficient (Wildman–Crippen LogP) is 2.68. The van der Waals surface area contributed by atoms with Gasteiger partial charge in [0.1, 0.15) is 5.82 Å². The van der Waals surface area contributed by atoms with E-state index in [9.17, 15) is 9.18 Å². The predicted molar refractivity (Wildman–Crippen MR) is 78.8 cm³/mol. The monoisotopic (exact) mass is 291 g/mol. The van der Waals surface area contributed by atoms with Crippen molar-refractivity contribution in [3.8, 4) is 10.4 Å². The van der Waals surface area contributed by atoms with Crippen LogP contribution < -0.4 is 5.32 Å². The van der Waals surface area contributed by atoms with Gasteiger partial charge in [0.05, 0.1) is 6.61 Å². The molecule has 2 N–H and O–H groups in total. The Balaban J connectivity index is 2.08. The normalized spacial score (nSPS) is 10.9. The standard InChI is InChI=1S/C15H14FNO2S/c16-13-4-2-1-3-12(13)14-7-5-11(20-14)6-8-15(19)17-9-10-18/h1-8,18H,9-10H2,(H,17,19)/b8-6+. The second-order valence-electron chi connectivity index (χ2n) is 4.03. The number of aliphatic hydroxyl groups is 1. The van der Waals surface area contributed by atoms with Crippen LogP contribution in [-0.4, -0.2) is 24.2 Å². The third-order valence-corrected chi connectivity index (χ3v) is 3.66. The molecule has 0 atom stereocenters. The van der Waals surface area contributed by atoms with Crippen LogP contribution in [-0.2, 0) is 4.79 Å². The molecule has 1 heterocycles. The average molecular weight is 291 g/mol. The van der Waals surface area contributed by atoms with E-state index in [0.29, 0.717) is 5.56 Å². The molecule has 1 aromatic heterocycles. The first-order chi connectivity index (χ1) is 9.70. The zero-order chi connectivity index (χ0) is 14.4. The zero-order valence-corrected chi connectivity index (χ0v) is 11.5. The Hall–Kier alpha value is -1.98. The molecule has 5 heteroatoms. The average Bonchev–Trinajstić information content (AvgIpc) is 2.92. The minimum absolute atomic E-state index is 0.0873. The molecular weight excluding hydrogens is 277 g/mol. The van der Waals surface area contributed by atoms with E-state index < -0.39 is 0 Å². The topological polar surface area (TPSA) is 49.3 Å². The molecule has 0 unspecified atom stereocenters. The van der Waals surface area contributed by atoms with Crippen molar-refractivity contribution in [2.24, 2.45) is 0 Å². The lowest BCUT2D eigenvalue weighted by Gasteiger charge is -1.98. The lowest BCUT2D eigenvalue weighted by molar-refractivity contribution is -0.116. The van der Waals surface area contributed by atoms with Crippen LogP contribution in [0.4, 0.5) is 4.39 Å². The Morgan fingerprint density at radius 2 is 2.10 bits per heavy atom. The molecule has 0 saturated carbocycles. The van der Waals surface area contributed by atoms with Crippen molar-refractivity contribution in [3.05, 3.63) is 53.2 Å². The number of hydrogen-bond donors (Lipinski definition) is 2. The van der Waals surface area contributed by atoms with Gasteiger partial charge in [-0.2, -0.15) is 0 Å². The van der Waals surface area contributed by atoms with Crippen LogP contribution in [0.3, 0.4) is 0 Å². The fourth-order valence-electron chi connectivity index (χ4n) is 1.64. The Kier molecular flexibility index (Phi) is 5.03. The summed E-state index contributed by atoms with van der Waals surface area (Å²) in [5.41, 5.74) is 0.557. The van der Waals surface area contributed by atoms with Crippen LogP contribution in [0, 0.1) is 5.82 Å². The minimum atomic E-state index is -0.264. The van der Waals surface area contributed by atoms with Gasteiger partial charge >= 0.3 is 0 Å². The van der Waals surface area contributed by atoms with Gasteiger partial charge < -0.3 is 10.4 Å². The molecule has 0 saturated heterocycles. The summed E-state index contributed by atoms with van der Waals surface area (Å²) in [7, 11) is 0. The maximum absolute atomic E-state index is 13.6. The maximum Gasteiger partial charge on any atom is 0.244 e. The van der Waals surface area contributed by atoms with Crippen molar-refractivity contribution in [1.82, 2.24) is 5.32 Å². The number of nitrogens with one attached hydrogen (secondary N) is 1. The van der Waals surface area contributed by atoms with E-state index in [1.807, 2.05) is 12.1 Å². The lowest BCUT2D eigenvalue weighted by atomic mass is 10.2. The molecule has 104 valence electrons. The molecule has 20 heavy (non-hydrogen) atoms. The number of rotatable bonds is 5. The van der Waals surface area contributed by atoms with Gasteiger partial charge in [0.2, 0.25) is 5.91 Å². The summed E-state index contributed by atoms with van der Waals surface area (Å²) in [5.74, 6) is -0.523. The van der Waals surface area contributed by atoms with Crippen LogP contribution in [0.25, 0.3) is 16.5 Å². The van der Waals surface area contributed by atoms with E-state index in [2.05, 4.69) is 5.32 Å². The zero-order valence-electron chi connectivity index (χ0n) is 10.7. The highest BCUT2D eigenvalue weighted by Gasteiger charge is 2.06. The summed E-state index contributed by atoms with van der Waals surface area (Å²) in [6, 6.07) is 10.3. The number of thiophene rings is 1. The molecule has 2 rings (SSSR count). The Morgan fingerprint density at radius 3 is 2.85 bits per heavy atom. The molecular formula is C15H14FNO2S. The van der Waals surface area contributed by atoms with Gasteiger partial charge in [0, 0.05) is 27.9 Å². The van der Waals surface area contributed by atoms with Gasteiger partial charge in [0.15, 0.2) is 0 Å². The van der Waals surface area contributed by atoms with Gasteiger partial charge in [-0.05, 0) is 24.3 Å². The number of aliphatic hydroxyl groups excluding tert-OH is 1. The summed E-state index contributed by atoms with van der Waals surface area (Å²) in [5, 5.41) is 11.1. The fourth-order valence-corrected chi connectivity index (χ4v) is 2.58. The van der Waals surface area contributed by atoms with Crippen molar-refractivity contribution in [2.45, 2.75) is 0 Å². The highest BCUT2D eigenvalue weighted by molar-refractivity contribution is 7.16. The molecule has 0 aliphatic heterocycles. The summed E-state index contributed by atoms with van der Waals surface area (Å²) < 4.78 is 13.6. The highest BCUT2D eigenvalue weighted by Crippen LogP contribution is 2.30. The van der Waals surface area contributed by atoms with Gasteiger partial charge in [-0.3, -0.25) is 4.79 Å². The summed E-state index contributed by atoms with van der Waals surface area (Å²) in [6.45, 7) is 0.143. The van der Waals surface area contributed by atoms with Gasteiger partial charge in [0.25, 0.3) is 0 Å². The van der Waals surface area contributed by atoms with E-state index in [-0.39, 0.29) is 24.9 Å². The smallest absolute Gasteiger partial charge is 0.244 e. The number of amides is 1. The summed E-state index contributed by atoms with van der Waals surface area (Å²) >= 11 is 1.41. The molecule has 0 spiro atoms.